The van der Waals surface area contributed by atoms with Gasteiger partial charge in [-0.25, -0.2) is 0 Å². The number of benzene rings is 1. The molecule has 3 aliphatic carbocycles. The molecule has 1 aromatic carbocycles. The molecule has 4 heteroatoms. The lowest BCUT2D eigenvalue weighted by atomic mass is 9.53. The largest absolute Gasteiger partial charge is 0.445 e. The maximum Gasteiger partial charge on any atom is 0.308 e. The lowest BCUT2D eigenvalue weighted by Gasteiger charge is -2.52. The molecule has 0 spiro atoms. The van der Waals surface area contributed by atoms with Crippen molar-refractivity contribution >= 4 is 11.9 Å². The average Bonchev–Trinajstić information content (AvgIpc) is 2.93. The highest BCUT2D eigenvalue weighted by atomic mass is 16.6. The second-order valence-electron chi connectivity index (χ2n) is 8.93. The van der Waals surface area contributed by atoms with Gasteiger partial charge in [0.2, 0.25) is 0 Å². The van der Waals surface area contributed by atoms with E-state index in [0.29, 0.717) is 23.5 Å². The van der Waals surface area contributed by atoms with E-state index in [1.165, 1.54) is 25.0 Å². The third kappa shape index (κ3) is 2.75. The first-order valence-electron chi connectivity index (χ1n) is 10.3. The highest BCUT2D eigenvalue weighted by Gasteiger charge is 2.63. The van der Waals surface area contributed by atoms with Crippen LogP contribution in [-0.2, 0) is 20.7 Å². The molecule has 4 nitrogen and oxygen atoms in total. The molecule has 148 valence electrons. The highest BCUT2D eigenvalue weighted by molar-refractivity contribution is 5.69. The summed E-state index contributed by atoms with van der Waals surface area (Å²) in [5.74, 6) is 4.47. The number of ether oxygens (including phenoxy) is 2. The van der Waals surface area contributed by atoms with Crippen molar-refractivity contribution in [3.63, 3.8) is 0 Å². The van der Waals surface area contributed by atoms with Crippen molar-refractivity contribution in [2.45, 2.75) is 70.8 Å². The summed E-state index contributed by atoms with van der Waals surface area (Å²) in [5.41, 5.74) is 1.75. The Kier molecular flexibility index (Phi) is 4.53. The van der Waals surface area contributed by atoms with E-state index in [1.807, 2.05) is 12.1 Å². The molecule has 2 saturated carbocycles. The molecule has 0 saturated heterocycles. The first-order chi connectivity index (χ1) is 13.3. The van der Waals surface area contributed by atoms with Gasteiger partial charge >= 0.3 is 11.9 Å². The van der Waals surface area contributed by atoms with Gasteiger partial charge in [-0.15, -0.1) is 6.42 Å². The number of fused-ring (bicyclic) bond motifs is 5. The Morgan fingerprint density at radius 2 is 1.93 bits per heavy atom. The van der Waals surface area contributed by atoms with E-state index in [1.54, 1.807) is 0 Å². The van der Waals surface area contributed by atoms with Crippen LogP contribution in [0.5, 0.6) is 5.75 Å². The Balaban J connectivity index is 1.64. The molecule has 28 heavy (non-hydrogen) atoms. The number of esters is 2. The standard InChI is InChI=1S/C24H28O4/c1-5-24(28-16(3)26)13-11-22-21-8-6-17-14-18(27-15(2)25)7-9-19(17)20(21)10-12-23(22,24)4/h1,7,9,14,20-22H,6,8,10-13H2,2-4H3/t20-,21-,22-,23-,24-/m0/s1. The van der Waals surface area contributed by atoms with Crippen LogP contribution in [0.25, 0.3) is 0 Å². The molecule has 0 aromatic heterocycles. The second-order valence-corrected chi connectivity index (χ2v) is 8.93. The van der Waals surface area contributed by atoms with Crippen LogP contribution in [0.15, 0.2) is 18.2 Å². The Labute approximate surface area is 167 Å². The van der Waals surface area contributed by atoms with Crippen LogP contribution in [-0.4, -0.2) is 17.5 Å². The number of aryl methyl sites for hydroxylation is 1. The fraction of sp³-hybridized carbons (Fsp3) is 0.583. The van der Waals surface area contributed by atoms with Crippen molar-refractivity contribution in [1.29, 1.82) is 0 Å². The predicted octanol–water partition coefficient (Wildman–Crippen LogP) is 4.40. The number of hydrogen-bond acceptors (Lipinski definition) is 4. The molecular weight excluding hydrogens is 352 g/mol. The van der Waals surface area contributed by atoms with Gasteiger partial charge in [0.15, 0.2) is 5.60 Å². The van der Waals surface area contributed by atoms with E-state index in [2.05, 4.69) is 18.9 Å². The van der Waals surface area contributed by atoms with Crippen LogP contribution in [0.1, 0.15) is 69.9 Å². The molecule has 0 heterocycles. The van der Waals surface area contributed by atoms with Crippen molar-refractivity contribution in [2.75, 3.05) is 0 Å². The lowest BCUT2D eigenvalue weighted by molar-refractivity contribution is -0.165. The highest BCUT2D eigenvalue weighted by Crippen LogP contribution is 2.65. The Morgan fingerprint density at radius 1 is 1.14 bits per heavy atom. The summed E-state index contributed by atoms with van der Waals surface area (Å²) < 4.78 is 11.1. The van der Waals surface area contributed by atoms with Gasteiger partial charge in [0.25, 0.3) is 0 Å². The molecule has 0 aliphatic heterocycles. The van der Waals surface area contributed by atoms with E-state index in [0.717, 1.165) is 38.5 Å². The number of rotatable bonds is 2. The summed E-state index contributed by atoms with van der Waals surface area (Å²) >= 11 is 0. The summed E-state index contributed by atoms with van der Waals surface area (Å²) in [6, 6.07) is 6.08. The van der Waals surface area contributed by atoms with Gasteiger partial charge in [0.1, 0.15) is 5.75 Å². The van der Waals surface area contributed by atoms with Crippen LogP contribution in [0.3, 0.4) is 0 Å². The van der Waals surface area contributed by atoms with Crippen molar-refractivity contribution < 1.29 is 19.1 Å². The number of terminal acetylenes is 1. The normalized spacial score (nSPS) is 35.7. The molecule has 5 atom stereocenters. The molecule has 3 aliphatic rings. The monoisotopic (exact) mass is 380 g/mol. The molecular formula is C24H28O4. The van der Waals surface area contributed by atoms with Crippen LogP contribution in [0, 0.1) is 29.6 Å². The first kappa shape index (κ1) is 19.1. The number of carbonyl (C=O) groups is 2. The third-order valence-electron chi connectivity index (χ3n) is 7.63. The van der Waals surface area contributed by atoms with Gasteiger partial charge in [0.05, 0.1) is 0 Å². The maximum absolute atomic E-state index is 11.8. The molecule has 0 bridgehead atoms. The van der Waals surface area contributed by atoms with Gasteiger partial charge in [-0.05, 0) is 79.5 Å². The molecule has 4 rings (SSSR count). The summed E-state index contributed by atoms with van der Waals surface area (Å²) in [7, 11) is 0. The number of hydrogen-bond donors (Lipinski definition) is 0. The predicted molar refractivity (Wildman–Crippen MR) is 106 cm³/mol. The zero-order valence-corrected chi connectivity index (χ0v) is 16.9. The Hall–Kier alpha value is -2.28. The van der Waals surface area contributed by atoms with Crippen LogP contribution < -0.4 is 4.74 Å². The van der Waals surface area contributed by atoms with Crippen LogP contribution in [0.4, 0.5) is 0 Å². The smallest absolute Gasteiger partial charge is 0.308 e. The van der Waals surface area contributed by atoms with Gasteiger partial charge in [-0.1, -0.05) is 18.9 Å². The van der Waals surface area contributed by atoms with Gasteiger partial charge in [-0.2, -0.15) is 0 Å². The molecule has 0 unspecified atom stereocenters. The zero-order valence-electron chi connectivity index (χ0n) is 16.9. The van der Waals surface area contributed by atoms with E-state index in [4.69, 9.17) is 15.9 Å². The summed E-state index contributed by atoms with van der Waals surface area (Å²) in [4.78, 5) is 23.0. The van der Waals surface area contributed by atoms with E-state index in [-0.39, 0.29) is 17.4 Å². The van der Waals surface area contributed by atoms with Crippen molar-refractivity contribution in [3.8, 4) is 18.1 Å². The summed E-state index contributed by atoms with van der Waals surface area (Å²) in [6.45, 7) is 5.13. The first-order valence-corrected chi connectivity index (χ1v) is 10.3. The second kappa shape index (κ2) is 6.65. The zero-order chi connectivity index (χ0) is 20.1. The van der Waals surface area contributed by atoms with Crippen molar-refractivity contribution in [2.24, 2.45) is 17.3 Å². The van der Waals surface area contributed by atoms with E-state index in [9.17, 15) is 9.59 Å². The Bertz CT molecular complexity index is 866. The minimum Gasteiger partial charge on any atom is -0.445 e. The number of carbonyl (C=O) groups excluding carboxylic acids is 2. The topological polar surface area (TPSA) is 52.6 Å². The molecule has 1 aromatic rings. The SMILES string of the molecule is C#C[C@]1(OC(C)=O)CC[C@H]2[C@H]3CCc4cc(OC(C)=O)ccc4[C@@H]3CC[C@@]21C. The van der Waals surface area contributed by atoms with Gasteiger partial charge < -0.3 is 9.47 Å². The lowest BCUT2D eigenvalue weighted by Crippen LogP contribution is -2.52. The minimum absolute atomic E-state index is 0.163. The quantitative estimate of drug-likeness (QED) is 0.433. The van der Waals surface area contributed by atoms with Crippen LogP contribution >= 0.6 is 0 Å². The van der Waals surface area contributed by atoms with E-state index < -0.39 is 5.60 Å². The molecule has 0 amide bonds. The Morgan fingerprint density at radius 3 is 2.61 bits per heavy atom. The van der Waals surface area contributed by atoms with E-state index >= 15 is 0 Å². The molecule has 2 fully saturated rings. The van der Waals surface area contributed by atoms with Gasteiger partial charge in [0, 0.05) is 19.3 Å². The summed E-state index contributed by atoms with van der Waals surface area (Å²) in [6.07, 6.45) is 11.8. The van der Waals surface area contributed by atoms with Crippen molar-refractivity contribution in [1.82, 2.24) is 0 Å². The average molecular weight is 380 g/mol. The molecule has 0 radical (unpaired) electrons. The fourth-order valence-corrected chi connectivity index (χ4v) is 6.47. The van der Waals surface area contributed by atoms with Crippen molar-refractivity contribution in [3.05, 3.63) is 29.3 Å². The maximum atomic E-state index is 11.8. The fourth-order valence-electron chi connectivity index (χ4n) is 6.47. The molecule has 0 N–H and O–H groups in total. The summed E-state index contributed by atoms with van der Waals surface area (Å²) in [5, 5.41) is 0. The minimum atomic E-state index is -0.770. The third-order valence-corrected chi connectivity index (χ3v) is 7.63. The van der Waals surface area contributed by atoms with Crippen LogP contribution in [0.2, 0.25) is 0 Å². The van der Waals surface area contributed by atoms with Gasteiger partial charge in [-0.3, -0.25) is 9.59 Å².